The van der Waals surface area contributed by atoms with Crippen LogP contribution in [0, 0.1) is 6.92 Å². The lowest BCUT2D eigenvalue weighted by atomic mass is 9.86. The summed E-state index contributed by atoms with van der Waals surface area (Å²) in [6, 6.07) is 12.6. The number of aromatic nitrogens is 3. The van der Waals surface area contributed by atoms with Crippen LogP contribution in [0.25, 0.3) is 21.8 Å². The minimum atomic E-state index is -1.14. The molecule has 2 aromatic heterocycles. The molecule has 1 aliphatic rings. The third-order valence-corrected chi connectivity index (χ3v) is 7.15. The number of carboxylic acid groups (broad SMARTS) is 1. The zero-order valence-corrected chi connectivity index (χ0v) is 19.2. The van der Waals surface area contributed by atoms with Crippen LogP contribution in [-0.4, -0.2) is 38.4 Å². The first-order valence-corrected chi connectivity index (χ1v) is 11.5. The van der Waals surface area contributed by atoms with Crippen molar-refractivity contribution in [2.45, 2.75) is 44.7 Å². The molecule has 0 saturated carbocycles. The van der Waals surface area contributed by atoms with Gasteiger partial charge in [0.2, 0.25) is 0 Å². The fraction of sp³-hybridized carbons (Fsp3) is 0.346. The molecule has 1 unspecified atom stereocenters. The topological polar surface area (TPSA) is 106 Å². The summed E-state index contributed by atoms with van der Waals surface area (Å²) in [5.41, 5.74) is 1.42. The lowest BCUT2D eigenvalue weighted by Crippen LogP contribution is -2.55. The molecule has 5 rings (SSSR count). The van der Waals surface area contributed by atoms with E-state index >= 15 is 0 Å². The molecule has 1 saturated heterocycles. The number of aliphatic carboxylic acids is 1. The van der Waals surface area contributed by atoms with Crippen molar-refractivity contribution in [3.05, 3.63) is 80.6 Å². The normalized spacial score (nSPS) is 16.6. The Morgan fingerprint density at radius 2 is 1.88 bits per heavy atom. The largest absolute Gasteiger partial charge is 0.481 e. The summed E-state index contributed by atoms with van der Waals surface area (Å²) in [4.78, 5) is 42.9. The monoisotopic (exact) mass is 461 g/mol. The molecule has 0 amide bonds. The smallest absolute Gasteiger partial charge is 0.332 e. The standard InChI is InChI=1S/C26H27N3O5/c1-16-6-5-8-20-23(16)19(15-27-20)17(2)28-21-9-4-3-7-18(21)24(32)29(25(28)33)26(14-22(30)31)10-12-34-13-11-26/h3-9,15,17,27H,10-14H2,1-2H3,(H,30,31). The van der Waals surface area contributed by atoms with Crippen LogP contribution >= 0.6 is 0 Å². The SMILES string of the molecule is Cc1cccc2[nH]cc(C(C)n3c(=O)n(C4(CC(=O)O)CCOCC4)c(=O)c4ccccc43)c12. The van der Waals surface area contributed by atoms with Gasteiger partial charge in [-0.1, -0.05) is 24.3 Å². The Bertz CT molecular complexity index is 1520. The average molecular weight is 462 g/mol. The zero-order chi connectivity index (χ0) is 24.0. The van der Waals surface area contributed by atoms with Crippen molar-refractivity contribution in [2.24, 2.45) is 0 Å². The average Bonchev–Trinajstić information content (AvgIpc) is 3.25. The summed E-state index contributed by atoms with van der Waals surface area (Å²) in [6.07, 6.45) is 2.16. The van der Waals surface area contributed by atoms with Gasteiger partial charge in [0.15, 0.2) is 0 Å². The van der Waals surface area contributed by atoms with Gasteiger partial charge in [-0.05, 0) is 50.5 Å². The van der Waals surface area contributed by atoms with Crippen molar-refractivity contribution in [1.29, 1.82) is 0 Å². The van der Waals surface area contributed by atoms with Gasteiger partial charge in [-0.25, -0.2) is 4.79 Å². The van der Waals surface area contributed by atoms with Crippen molar-refractivity contribution >= 4 is 27.8 Å². The highest BCUT2D eigenvalue weighted by molar-refractivity contribution is 5.87. The number of fused-ring (bicyclic) bond motifs is 2. The molecular weight excluding hydrogens is 434 g/mol. The van der Waals surface area contributed by atoms with Gasteiger partial charge >= 0.3 is 11.7 Å². The highest BCUT2D eigenvalue weighted by atomic mass is 16.5. The molecular formula is C26H27N3O5. The van der Waals surface area contributed by atoms with Crippen LogP contribution in [0.2, 0.25) is 0 Å². The second-order valence-electron chi connectivity index (χ2n) is 9.13. The first-order valence-electron chi connectivity index (χ1n) is 11.5. The minimum absolute atomic E-state index is 0.285. The molecule has 2 aromatic carbocycles. The van der Waals surface area contributed by atoms with Crippen LogP contribution in [0.15, 0.2) is 58.3 Å². The van der Waals surface area contributed by atoms with Crippen molar-refractivity contribution < 1.29 is 14.6 Å². The molecule has 1 aliphatic heterocycles. The lowest BCUT2D eigenvalue weighted by molar-refractivity contribution is -0.141. The van der Waals surface area contributed by atoms with E-state index in [4.69, 9.17) is 4.74 Å². The predicted octanol–water partition coefficient (Wildman–Crippen LogP) is 3.54. The van der Waals surface area contributed by atoms with E-state index in [0.717, 1.165) is 22.0 Å². The van der Waals surface area contributed by atoms with Crippen LogP contribution in [0.4, 0.5) is 0 Å². The summed E-state index contributed by atoms with van der Waals surface area (Å²) < 4.78 is 8.30. The third kappa shape index (κ3) is 3.37. The van der Waals surface area contributed by atoms with Crippen molar-refractivity contribution in [3.63, 3.8) is 0 Å². The summed E-state index contributed by atoms with van der Waals surface area (Å²) in [5, 5.41) is 11.1. The molecule has 0 radical (unpaired) electrons. The number of rotatable bonds is 5. The number of ether oxygens (including phenoxy) is 1. The molecule has 0 bridgehead atoms. The number of hydrogen-bond acceptors (Lipinski definition) is 4. The molecule has 0 aliphatic carbocycles. The molecule has 1 atom stereocenters. The van der Waals surface area contributed by atoms with Crippen molar-refractivity contribution in [1.82, 2.24) is 14.1 Å². The van der Waals surface area contributed by atoms with Gasteiger partial charge in [-0.15, -0.1) is 0 Å². The highest BCUT2D eigenvalue weighted by Crippen LogP contribution is 2.33. The quantitative estimate of drug-likeness (QED) is 0.473. The Morgan fingerprint density at radius 1 is 1.15 bits per heavy atom. The van der Waals surface area contributed by atoms with Gasteiger partial charge in [0, 0.05) is 35.9 Å². The van der Waals surface area contributed by atoms with E-state index in [2.05, 4.69) is 4.98 Å². The fourth-order valence-electron chi connectivity index (χ4n) is 5.46. The van der Waals surface area contributed by atoms with Crippen LogP contribution < -0.4 is 11.2 Å². The number of carbonyl (C=O) groups is 1. The van der Waals surface area contributed by atoms with E-state index < -0.39 is 28.8 Å². The number of aromatic amines is 1. The second-order valence-corrected chi connectivity index (χ2v) is 9.13. The maximum atomic E-state index is 14.1. The number of benzene rings is 2. The Morgan fingerprint density at radius 3 is 2.62 bits per heavy atom. The Hall–Kier alpha value is -3.65. The molecule has 3 heterocycles. The Kier molecular flexibility index (Phi) is 5.40. The molecule has 1 fully saturated rings. The number of H-pyrrole nitrogens is 1. The molecule has 34 heavy (non-hydrogen) atoms. The first-order chi connectivity index (χ1) is 16.3. The van der Waals surface area contributed by atoms with Crippen LogP contribution in [0.3, 0.4) is 0 Å². The minimum Gasteiger partial charge on any atom is -0.481 e. The second kappa shape index (κ2) is 8.29. The Labute approximate surface area is 195 Å². The molecule has 0 spiro atoms. The van der Waals surface area contributed by atoms with Crippen LogP contribution in [0.1, 0.15) is 43.4 Å². The van der Waals surface area contributed by atoms with E-state index in [1.807, 2.05) is 38.2 Å². The van der Waals surface area contributed by atoms with Gasteiger partial charge in [0.1, 0.15) is 0 Å². The molecule has 8 heteroatoms. The van der Waals surface area contributed by atoms with Gasteiger partial charge in [-0.3, -0.25) is 18.7 Å². The summed E-state index contributed by atoms with van der Waals surface area (Å²) in [7, 11) is 0. The predicted molar refractivity (Wildman–Crippen MR) is 130 cm³/mol. The fourth-order valence-corrected chi connectivity index (χ4v) is 5.46. The van der Waals surface area contributed by atoms with E-state index in [1.54, 1.807) is 28.8 Å². The van der Waals surface area contributed by atoms with E-state index in [1.165, 1.54) is 4.57 Å². The van der Waals surface area contributed by atoms with Crippen LogP contribution in [0.5, 0.6) is 0 Å². The molecule has 8 nitrogen and oxygen atoms in total. The first kappa shape index (κ1) is 22.2. The molecule has 4 aromatic rings. The molecule has 176 valence electrons. The lowest BCUT2D eigenvalue weighted by Gasteiger charge is -2.38. The number of hydrogen-bond donors (Lipinski definition) is 2. The van der Waals surface area contributed by atoms with Crippen molar-refractivity contribution in [3.8, 4) is 0 Å². The van der Waals surface area contributed by atoms with Crippen molar-refractivity contribution in [2.75, 3.05) is 13.2 Å². The zero-order valence-electron chi connectivity index (χ0n) is 19.2. The van der Waals surface area contributed by atoms with Crippen LogP contribution in [-0.2, 0) is 15.1 Å². The maximum Gasteiger partial charge on any atom is 0.332 e. The molecule has 2 N–H and O–H groups in total. The summed E-state index contributed by atoms with van der Waals surface area (Å²) in [5.74, 6) is -1.05. The number of carboxylic acids is 1. The van der Waals surface area contributed by atoms with Gasteiger partial charge < -0.3 is 14.8 Å². The van der Waals surface area contributed by atoms with Gasteiger partial charge in [-0.2, -0.15) is 0 Å². The van der Waals surface area contributed by atoms with E-state index in [-0.39, 0.29) is 19.3 Å². The number of aryl methyl sites for hydroxylation is 1. The van der Waals surface area contributed by atoms with E-state index in [0.29, 0.717) is 24.1 Å². The number of para-hydroxylation sites is 1. The highest BCUT2D eigenvalue weighted by Gasteiger charge is 2.40. The van der Waals surface area contributed by atoms with E-state index in [9.17, 15) is 19.5 Å². The summed E-state index contributed by atoms with van der Waals surface area (Å²) in [6.45, 7) is 4.55. The third-order valence-electron chi connectivity index (χ3n) is 7.15. The Balaban J connectivity index is 1.83. The maximum absolute atomic E-state index is 14.1. The number of nitrogens with one attached hydrogen (secondary N) is 1. The number of nitrogens with zero attached hydrogens (tertiary/aromatic N) is 2. The van der Waals surface area contributed by atoms with Gasteiger partial charge in [0.25, 0.3) is 5.56 Å². The summed E-state index contributed by atoms with van der Waals surface area (Å²) >= 11 is 0. The van der Waals surface area contributed by atoms with Gasteiger partial charge in [0.05, 0.1) is 28.9 Å².